The summed E-state index contributed by atoms with van der Waals surface area (Å²) in [6.07, 6.45) is -2.14. The molecule has 0 radical (unpaired) electrons. The third kappa shape index (κ3) is 1.11. The van der Waals surface area contributed by atoms with Gasteiger partial charge in [0.15, 0.2) is 17.7 Å². The largest absolute Gasteiger partial charge is 0.378 e. The standard InChI is InChI=1S/C6H6O4/c7-3-1-4(8)6(10)5(9)2-3/h6,10H,1-2H2. The minimum Gasteiger partial charge on any atom is -0.378 e. The van der Waals surface area contributed by atoms with Crippen LogP contribution in [0.4, 0.5) is 0 Å². The second kappa shape index (κ2) is 2.30. The Kier molecular flexibility index (Phi) is 1.63. The molecule has 0 unspecified atom stereocenters. The maximum atomic E-state index is 10.5. The van der Waals surface area contributed by atoms with Gasteiger partial charge in [-0.1, -0.05) is 0 Å². The van der Waals surface area contributed by atoms with Crippen LogP contribution in [-0.2, 0) is 14.4 Å². The molecule has 0 bridgehead atoms. The molecule has 0 atom stereocenters. The number of carbonyl (C=O) groups is 3. The number of ketones is 3. The van der Waals surface area contributed by atoms with E-state index in [9.17, 15) is 14.4 Å². The summed E-state index contributed by atoms with van der Waals surface area (Å²) in [6, 6.07) is 0. The quantitative estimate of drug-likeness (QED) is 0.433. The van der Waals surface area contributed by atoms with E-state index in [2.05, 4.69) is 0 Å². The predicted molar refractivity (Wildman–Crippen MR) is 30.3 cm³/mol. The van der Waals surface area contributed by atoms with Crippen LogP contribution >= 0.6 is 0 Å². The van der Waals surface area contributed by atoms with Gasteiger partial charge in [0, 0.05) is 0 Å². The molecule has 0 aromatic heterocycles. The SMILES string of the molecule is O=C1CC(=O)C(O)C(=O)C1. The average molecular weight is 142 g/mol. The van der Waals surface area contributed by atoms with Crippen molar-refractivity contribution in [3.05, 3.63) is 0 Å². The second-order valence-corrected chi connectivity index (χ2v) is 2.23. The first-order valence-corrected chi connectivity index (χ1v) is 2.86. The van der Waals surface area contributed by atoms with E-state index in [-0.39, 0.29) is 12.8 Å². The summed E-state index contributed by atoms with van der Waals surface area (Å²) in [6.45, 7) is 0. The van der Waals surface area contributed by atoms with Crippen LogP contribution in [-0.4, -0.2) is 28.6 Å². The monoisotopic (exact) mass is 142 g/mol. The summed E-state index contributed by atoms with van der Waals surface area (Å²) >= 11 is 0. The molecule has 0 aromatic rings. The van der Waals surface area contributed by atoms with E-state index in [1.165, 1.54) is 0 Å². The molecule has 4 heteroatoms. The van der Waals surface area contributed by atoms with Crippen LogP contribution in [0, 0.1) is 0 Å². The van der Waals surface area contributed by atoms with Crippen molar-refractivity contribution in [3.63, 3.8) is 0 Å². The van der Waals surface area contributed by atoms with Crippen molar-refractivity contribution in [2.45, 2.75) is 18.9 Å². The number of carbonyl (C=O) groups excluding carboxylic acids is 3. The first-order valence-electron chi connectivity index (χ1n) is 2.86. The molecule has 1 N–H and O–H groups in total. The van der Waals surface area contributed by atoms with Gasteiger partial charge in [0.2, 0.25) is 0 Å². The molecule has 1 fully saturated rings. The molecule has 0 aromatic carbocycles. The van der Waals surface area contributed by atoms with Crippen molar-refractivity contribution >= 4 is 17.3 Å². The third-order valence-corrected chi connectivity index (χ3v) is 1.35. The number of rotatable bonds is 0. The molecular formula is C6H6O4. The van der Waals surface area contributed by atoms with Crippen molar-refractivity contribution < 1.29 is 19.5 Å². The van der Waals surface area contributed by atoms with E-state index in [0.29, 0.717) is 0 Å². The summed E-state index contributed by atoms with van der Waals surface area (Å²) in [5.74, 6) is -1.76. The van der Waals surface area contributed by atoms with Crippen LogP contribution in [0.15, 0.2) is 0 Å². The van der Waals surface area contributed by atoms with E-state index < -0.39 is 23.5 Å². The van der Waals surface area contributed by atoms with Crippen LogP contribution in [0.2, 0.25) is 0 Å². The van der Waals surface area contributed by atoms with E-state index in [0.717, 1.165) is 0 Å². The summed E-state index contributed by atoms with van der Waals surface area (Å²) in [4.78, 5) is 31.5. The molecule has 4 nitrogen and oxygen atoms in total. The van der Waals surface area contributed by atoms with Gasteiger partial charge in [-0.05, 0) is 0 Å². The van der Waals surface area contributed by atoms with Gasteiger partial charge in [0.05, 0.1) is 12.8 Å². The Bertz CT molecular complexity index is 186. The molecule has 0 spiro atoms. The number of hydrogen-bond acceptors (Lipinski definition) is 4. The van der Waals surface area contributed by atoms with Gasteiger partial charge < -0.3 is 5.11 Å². The number of aliphatic hydroxyl groups excluding tert-OH is 1. The minimum atomic E-state index is -1.54. The highest BCUT2D eigenvalue weighted by Gasteiger charge is 2.32. The zero-order chi connectivity index (χ0) is 7.72. The van der Waals surface area contributed by atoms with E-state index in [1.807, 2.05) is 0 Å². The topological polar surface area (TPSA) is 71.4 Å². The van der Waals surface area contributed by atoms with Gasteiger partial charge in [-0.15, -0.1) is 0 Å². The predicted octanol–water partition coefficient (Wildman–Crippen LogP) is -1.15. The highest BCUT2D eigenvalue weighted by atomic mass is 16.3. The van der Waals surface area contributed by atoms with Crippen molar-refractivity contribution in [1.29, 1.82) is 0 Å². The molecule has 1 aliphatic rings. The van der Waals surface area contributed by atoms with Gasteiger partial charge in [-0.25, -0.2) is 0 Å². The molecule has 0 heterocycles. The number of aliphatic hydroxyl groups is 1. The highest BCUT2D eigenvalue weighted by Crippen LogP contribution is 2.07. The second-order valence-electron chi connectivity index (χ2n) is 2.23. The van der Waals surface area contributed by atoms with Crippen molar-refractivity contribution in [1.82, 2.24) is 0 Å². The fourth-order valence-corrected chi connectivity index (χ4v) is 0.824. The van der Waals surface area contributed by atoms with Crippen molar-refractivity contribution in [2.75, 3.05) is 0 Å². The Labute approximate surface area is 56.8 Å². The molecule has 10 heavy (non-hydrogen) atoms. The molecule has 0 aliphatic heterocycles. The van der Waals surface area contributed by atoms with Crippen LogP contribution in [0.5, 0.6) is 0 Å². The van der Waals surface area contributed by atoms with Gasteiger partial charge in [0.1, 0.15) is 5.78 Å². The smallest absolute Gasteiger partial charge is 0.176 e. The van der Waals surface area contributed by atoms with Crippen LogP contribution in [0.25, 0.3) is 0 Å². The molecule has 0 amide bonds. The Morgan fingerprint density at radius 1 is 1.10 bits per heavy atom. The lowest BCUT2D eigenvalue weighted by molar-refractivity contribution is -0.145. The zero-order valence-electron chi connectivity index (χ0n) is 5.16. The van der Waals surface area contributed by atoms with Gasteiger partial charge in [0.25, 0.3) is 0 Å². The highest BCUT2D eigenvalue weighted by molar-refractivity contribution is 6.22. The number of hydrogen-bond donors (Lipinski definition) is 1. The van der Waals surface area contributed by atoms with Crippen molar-refractivity contribution in [3.8, 4) is 0 Å². The molecule has 54 valence electrons. The third-order valence-electron chi connectivity index (χ3n) is 1.35. The first-order chi connectivity index (χ1) is 4.61. The molecule has 0 saturated heterocycles. The zero-order valence-corrected chi connectivity index (χ0v) is 5.16. The van der Waals surface area contributed by atoms with E-state index in [1.54, 1.807) is 0 Å². The number of Topliss-reactive ketones (excluding diaryl/α,β-unsaturated/α-hetero) is 3. The van der Waals surface area contributed by atoms with Gasteiger partial charge >= 0.3 is 0 Å². The average Bonchev–Trinajstić information content (AvgIpc) is 1.82. The minimum absolute atomic E-state index is 0.299. The molecule has 1 aliphatic carbocycles. The van der Waals surface area contributed by atoms with Crippen LogP contribution in [0.1, 0.15) is 12.8 Å². The maximum Gasteiger partial charge on any atom is 0.176 e. The lowest BCUT2D eigenvalue weighted by Crippen LogP contribution is -2.37. The Morgan fingerprint density at radius 2 is 1.50 bits per heavy atom. The summed E-state index contributed by atoms with van der Waals surface area (Å²) in [5, 5.41) is 8.71. The Hall–Kier alpha value is -1.03. The normalized spacial score (nSPS) is 21.9. The lowest BCUT2D eigenvalue weighted by Gasteiger charge is -2.11. The summed E-state index contributed by atoms with van der Waals surface area (Å²) in [7, 11) is 0. The van der Waals surface area contributed by atoms with E-state index in [4.69, 9.17) is 5.11 Å². The fourth-order valence-electron chi connectivity index (χ4n) is 0.824. The van der Waals surface area contributed by atoms with Gasteiger partial charge in [-0.2, -0.15) is 0 Å². The van der Waals surface area contributed by atoms with E-state index >= 15 is 0 Å². The van der Waals surface area contributed by atoms with Crippen LogP contribution < -0.4 is 0 Å². The molecular weight excluding hydrogens is 136 g/mol. The maximum absolute atomic E-state index is 10.5. The molecule has 1 saturated carbocycles. The summed E-state index contributed by atoms with van der Waals surface area (Å²) < 4.78 is 0. The first kappa shape index (κ1) is 7.08. The van der Waals surface area contributed by atoms with Gasteiger partial charge in [-0.3, -0.25) is 14.4 Å². The Balaban J connectivity index is 2.76. The lowest BCUT2D eigenvalue weighted by atomic mass is 9.94. The van der Waals surface area contributed by atoms with Crippen LogP contribution in [0.3, 0.4) is 0 Å². The fraction of sp³-hybridized carbons (Fsp3) is 0.500. The molecule has 1 rings (SSSR count). The summed E-state index contributed by atoms with van der Waals surface area (Å²) in [5.41, 5.74) is 0. The Morgan fingerprint density at radius 3 is 1.90 bits per heavy atom. The van der Waals surface area contributed by atoms with Crippen molar-refractivity contribution in [2.24, 2.45) is 0 Å².